The lowest BCUT2D eigenvalue weighted by atomic mass is 9.86. The number of amides is 1. The molecule has 0 spiro atoms. The molecule has 0 unspecified atom stereocenters. The number of fused-ring (bicyclic) bond motifs is 1. The molecular formula is C21H29FN2O2. The lowest BCUT2D eigenvalue weighted by Crippen LogP contribution is -2.53. The molecule has 5 heteroatoms. The fraction of sp³-hybridized carbons (Fsp3) is 0.667. The smallest absolute Gasteiger partial charge is 0.252 e. The zero-order valence-corrected chi connectivity index (χ0v) is 15.6. The van der Waals surface area contributed by atoms with E-state index in [9.17, 15) is 9.18 Å². The molecule has 1 aromatic rings. The lowest BCUT2D eigenvalue weighted by Gasteiger charge is -2.40. The zero-order valence-electron chi connectivity index (χ0n) is 15.6. The molecule has 3 heterocycles. The van der Waals surface area contributed by atoms with Crippen molar-refractivity contribution in [3.8, 4) is 0 Å². The third-order valence-corrected chi connectivity index (χ3v) is 6.38. The van der Waals surface area contributed by atoms with E-state index in [-0.39, 0.29) is 29.8 Å². The second-order valence-corrected chi connectivity index (χ2v) is 8.04. The van der Waals surface area contributed by atoms with Crippen LogP contribution in [0.4, 0.5) is 4.39 Å². The Morgan fingerprint density at radius 2 is 2.08 bits per heavy atom. The number of rotatable bonds is 2. The second kappa shape index (κ2) is 7.65. The number of carbonyl (C=O) groups excluding carboxylic acids is 1. The fourth-order valence-electron chi connectivity index (χ4n) is 5.11. The quantitative estimate of drug-likeness (QED) is 0.812. The van der Waals surface area contributed by atoms with E-state index in [1.165, 1.54) is 12.5 Å². The molecule has 0 saturated carbocycles. The van der Waals surface area contributed by atoms with E-state index in [2.05, 4.69) is 16.8 Å². The molecule has 142 valence electrons. The second-order valence-electron chi connectivity index (χ2n) is 8.04. The van der Waals surface area contributed by atoms with Crippen LogP contribution in [0.3, 0.4) is 0 Å². The maximum Gasteiger partial charge on any atom is 0.252 e. The molecule has 3 aliphatic rings. The van der Waals surface area contributed by atoms with Crippen LogP contribution in [-0.2, 0) is 9.53 Å². The van der Waals surface area contributed by atoms with Crippen molar-refractivity contribution in [3.63, 3.8) is 0 Å². The van der Waals surface area contributed by atoms with E-state index in [1.54, 1.807) is 12.1 Å². The topological polar surface area (TPSA) is 32.8 Å². The molecule has 26 heavy (non-hydrogen) atoms. The van der Waals surface area contributed by atoms with Gasteiger partial charge in [0.05, 0.1) is 6.04 Å². The van der Waals surface area contributed by atoms with Gasteiger partial charge in [0.1, 0.15) is 11.9 Å². The summed E-state index contributed by atoms with van der Waals surface area (Å²) < 4.78 is 19.6. The largest absolute Gasteiger partial charge is 0.368 e. The molecule has 3 aliphatic heterocycles. The van der Waals surface area contributed by atoms with Crippen LogP contribution in [0.2, 0.25) is 0 Å². The molecule has 0 aliphatic carbocycles. The number of likely N-dealkylation sites (tertiary alicyclic amines) is 2. The van der Waals surface area contributed by atoms with Gasteiger partial charge in [-0.1, -0.05) is 25.0 Å². The van der Waals surface area contributed by atoms with Crippen LogP contribution < -0.4 is 0 Å². The molecular weight excluding hydrogens is 331 g/mol. The fourth-order valence-corrected chi connectivity index (χ4v) is 5.11. The Kier molecular flexibility index (Phi) is 5.28. The van der Waals surface area contributed by atoms with E-state index < -0.39 is 0 Å². The Labute approximate surface area is 155 Å². The highest BCUT2D eigenvalue weighted by Gasteiger charge is 2.47. The van der Waals surface area contributed by atoms with Crippen LogP contribution >= 0.6 is 0 Å². The molecule has 0 bridgehead atoms. The van der Waals surface area contributed by atoms with Crippen molar-refractivity contribution in [2.24, 2.45) is 0 Å². The monoisotopic (exact) mass is 360 g/mol. The number of ether oxygens (including phenoxy) is 1. The van der Waals surface area contributed by atoms with Crippen LogP contribution in [0.15, 0.2) is 24.3 Å². The number of likely N-dealkylation sites (N-methyl/N-ethyl adjacent to an activating group) is 1. The minimum atomic E-state index is -0.283. The van der Waals surface area contributed by atoms with Crippen molar-refractivity contribution < 1.29 is 13.9 Å². The molecule has 4 atom stereocenters. The average molecular weight is 360 g/mol. The first-order valence-corrected chi connectivity index (χ1v) is 10.0. The Morgan fingerprint density at radius 1 is 1.19 bits per heavy atom. The van der Waals surface area contributed by atoms with Gasteiger partial charge in [0.2, 0.25) is 0 Å². The van der Waals surface area contributed by atoms with Gasteiger partial charge in [-0.15, -0.1) is 0 Å². The summed E-state index contributed by atoms with van der Waals surface area (Å²) in [7, 11) is 2.15. The van der Waals surface area contributed by atoms with Crippen molar-refractivity contribution in [1.82, 2.24) is 9.80 Å². The normalized spacial score (nSPS) is 32.9. The summed E-state index contributed by atoms with van der Waals surface area (Å²) in [5.41, 5.74) is 1.01. The van der Waals surface area contributed by atoms with Gasteiger partial charge in [0.15, 0.2) is 0 Å². The number of carbonyl (C=O) groups is 1. The van der Waals surface area contributed by atoms with Crippen LogP contribution in [0.1, 0.15) is 50.0 Å². The predicted octanol–water partition coefficient (Wildman–Crippen LogP) is 3.17. The first-order valence-electron chi connectivity index (χ1n) is 10.0. The van der Waals surface area contributed by atoms with Crippen molar-refractivity contribution in [3.05, 3.63) is 35.6 Å². The summed E-state index contributed by atoms with van der Waals surface area (Å²) in [5, 5.41) is 0. The molecule has 3 fully saturated rings. The number of hydrogen-bond acceptors (Lipinski definition) is 3. The Balaban J connectivity index is 1.67. The minimum absolute atomic E-state index is 0.110. The Morgan fingerprint density at radius 3 is 2.85 bits per heavy atom. The molecule has 3 saturated heterocycles. The van der Waals surface area contributed by atoms with Gasteiger partial charge < -0.3 is 14.5 Å². The Bertz CT molecular complexity index is 647. The summed E-state index contributed by atoms with van der Waals surface area (Å²) in [6.45, 7) is 2.35. The van der Waals surface area contributed by atoms with E-state index >= 15 is 0 Å². The third kappa shape index (κ3) is 3.39. The maximum atomic E-state index is 13.9. The first-order chi connectivity index (χ1) is 12.6. The third-order valence-electron chi connectivity index (χ3n) is 6.38. The predicted molar refractivity (Wildman–Crippen MR) is 98.5 cm³/mol. The number of halogens is 1. The molecule has 0 radical (unpaired) electrons. The molecule has 0 aromatic heterocycles. The highest BCUT2D eigenvalue weighted by molar-refractivity contribution is 5.81. The van der Waals surface area contributed by atoms with E-state index in [0.717, 1.165) is 50.8 Å². The summed E-state index contributed by atoms with van der Waals surface area (Å²) in [4.78, 5) is 17.7. The van der Waals surface area contributed by atoms with Crippen LogP contribution in [0, 0.1) is 5.82 Å². The molecule has 4 nitrogen and oxygen atoms in total. The van der Waals surface area contributed by atoms with Gasteiger partial charge in [-0.05, 0) is 50.4 Å². The van der Waals surface area contributed by atoms with Gasteiger partial charge in [-0.3, -0.25) is 4.79 Å². The van der Waals surface area contributed by atoms with Crippen molar-refractivity contribution >= 4 is 5.91 Å². The standard InChI is InChI=1S/C21H29FN2O2/c1-23-14-17(15-7-5-8-16(22)13-15)20-18(23)9-3-2-4-11-24(20)21(25)19-10-6-12-26-19/h5,7-8,13,17-20H,2-4,6,9-12,14H2,1H3/t17-,18+,19+,20-/m0/s1. The van der Waals surface area contributed by atoms with Crippen LogP contribution in [0.25, 0.3) is 0 Å². The summed E-state index contributed by atoms with van der Waals surface area (Å²) in [6.07, 6.45) is 6.01. The van der Waals surface area contributed by atoms with Gasteiger partial charge in [-0.2, -0.15) is 0 Å². The van der Waals surface area contributed by atoms with Crippen molar-refractivity contribution in [2.75, 3.05) is 26.7 Å². The number of nitrogens with zero attached hydrogens (tertiary/aromatic N) is 2. The molecule has 1 amide bonds. The molecule has 4 rings (SSSR count). The van der Waals surface area contributed by atoms with Crippen LogP contribution in [0.5, 0.6) is 0 Å². The lowest BCUT2D eigenvalue weighted by molar-refractivity contribution is -0.144. The summed E-state index contributed by atoms with van der Waals surface area (Å²) >= 11 is 0. The molecule has 1 aromatic carbocycles. The van der Waals surface area contributed by atoms with E-state index in [0.29, 0.717) is 12.6 Å². The van der Waals surface area contributed by atoms with Crippen molar-refractivity contribution in [2.45, 2.75) is 62.6 Å². The van der Waals surface area contributed by atoms with E-state index in [4.69, 9.17) is 4.74 Å². The summed E-state index contributed by atoms with van der Waals surface area (Å²) in [6, 6.07) is 7.39. The van der Waals surface area contributed by atoms with Gasteiger partial charge >= 0.3 is 0 Å². The maximum absolute atomic E-state index is 13.9. The summed E-state index contributed by atoms with van der Waals surface area (Å²) in [5.74, 6) is 0.108. The van der Waals surface area contributed by atoms with Crippen molar-refractivity contribution in [1.29, 1.82) is 0 Å². The Hall–Kier alpha value is -1.46. The average Bonchev–Trinajstić information content (AvgIpc) is 3.23. The SMILES string of the molecule is CN1C[C@@H](c2cccc(F)c2)[C@H]2[C@H]1CCCCCN2C(=O)[C@H]1CCCO1. The highest BCUT2D eigenvalue weighted by Crippen LogP contribution is 2.39. The number of benzene rings is 1. The van der Waals surface area contributed by atoms with Crippen LogP contribution in [-0.4, -0.2) is 60.6 Å². The number of hydrogen-bond donors (Lipinski definition) is 0. The minimum Gasteiger partial charge on any atom is -0.368 e. The first kappa shape index (κ1) is 17.9. The van der Waals surface area contributed by atoms with Gasteiger partial charge in [-0.25, -0.2) is 4.39 Å². The van der Waals surface area contributed by atoms with E-state index in [1.807, 2.05) is 6.07 Å². The zero-order chi connectivity index (χ0) is 18.1. The highest BCUT2D eigenvalue weighted by atomic mass is 19.1. The molecule has 0 N–H and O–H groups in total. The van der Waals surface area contributed by atoms with Gasteiger partial charge in [0.25, 0.3) is 5.91 Å². The van der Waals surface area contributed by atoms with Gasteiger partial charge in [0, 0.05) is 31.7 Å².